The maximum absolute atomic E-state index is 12.7. The second-order valence-electron chi connectivity index (χ2n) is 5.14. The SMILES string of the molecule is C#CCN(C(=O)C(C)CSC)c1sc(-c2cccnc2)nc1C. The Morgan fingerprint density at radius 3 is 2.96 bits per heavy atom. The molecule has 23 heavy (non-hydrogen) atoms. The van der Waals surface area contributed by atoms with Crippen molar-refractivity contribution in [1.29, 1.82) is 0 Å². The van der Waals surface area contributed by atoms with Crippen molar-refractivity contribution in [3.8, 4) is 22.9 Å². The van der Waals surface area contributed by atoms with Crippen LogP contribution in [0.4, 0.5) is 5.00 Å². The first-order valence-corrected chi connectivity index (χ1v) is 9.41. The average Bonchev–Trinajstić information content (AvgIpc) is 2.94. The summed E-state index contributed by atoms with van der Waals surface area (Å²) in [7, 11) is 0. The fourth-order valence-electron chi connectivity index (χ4n) is 2.18. The van der Waals surface area contributed by atoms with Gasteiger partial charge in [-0.1, -0.05) is 24.2 Å². The van der Waals surface area contributed by atoms with Gasteiger partial charge in [-0.05, 0) is 25.3 Å². The third-order valence-electron chi connectivity index (χ3n) is 3.28. The van der Waals surface area contributed by atoms with Gasteiger partial charge in [-0.2, -0.15) is 11.8 Å². The summed E-state index contributed by atoms with van der Waals surface area (Å²) in [5.41, 5.74) is 1.76. The van der Waals surface area contributed by atoms with Crippen LogP contribution in [0.2, 0.25) is 0 Å². The Labute approximate surface area is 145 Å². The number of thioether (sulfide) groups is 1. The number of hydrogen-bond acceptors (Lipinski definition) is 5. The number of aryl methyl sites for hydroxylation is 1. The number of pyridine rings is 1. The first-order chi connectivity index (χ1) is 11.1. The van der Waals surface area contributed by atoms with Crippen LogP contribution in [0.25, 0.3) is 10.6 Å². The van der Waals surface area contributed by atoms with Gasteiger partial charge >= 0.3 is 0 Å². The topological polar surface area (TPSA) is 46.1 Å². The van der Waals surface area contributed by atoms with Crippen LogP contribution >= 0.6 is 23.1 Å². The quantitative estimate of drug-likeness (QED) is 0.752. The molecular weight excluding hydrogens is 326 g/mol. The molecule has 120 valence electrons. The van der Waals surface area contributed by atoms with Crippen molar-refractivity contribution in [3.05, 3.63) is 30.2 Å². The lowest BCUT2D eigenvalue weighted by molar-refractivity contribution is -0.121. The van der Waals surface area contributed by atoms with Crippen LogP contribution in [-0.2, 0) is 4.79 Å². The lowest BCUT2D eigenvalue weighted by atomic mass is 10.2. The molecule has 0 N–H and O–H groups in total. The molecular formula is C17H19N3OS2. The van der Waals surface area contributed by atoms with Crippen molar-refractivity contribution in [2.45, 2.75) is 13.8 Å². The Kier molecular flexibility index (Phi) is 6.20. The third-order valence-corrected chi connectivity index (χ3v) is 5.34. The molecule has 1 atom stereocenters. The monoisotopic (exact) mass is 345 g/mol. The largest absolute Gasteiger partial charge is 0.290 e. The van der Waals surface area contributed by atoms with Crippen LogP contribution in [0.5, 0.6) is 0 Å². The molecule has 2 aromatic heterocycles. The number of rotatable bonds is 6. The van der Waals surface area contributed by atoms with Crippen LogP contribution in [0.15, 0.2) is 24.5 Å². The predicted molar refractivity (Wildman–Crippen MR) is 98.8 cm³/mol. The number of thiazole rings is 1. The second-order valence-corrected chi connectivity index (χ2v) is 7.02. The van der Waals surface area contributed by atoms with E-state index in [1.54, 1.807) is 29.1 Å². The molecule has 0 aliphatic carbocycles. The minimum absolute atomic E-state index is 0.0433. The van der Waals surface area contributed by atoms with Gasteiger partial charge in [-0.25, -0.2) is 4.98 Å². The van der Waals surface area contributed by atoms with Crippen molar-refractivity contribution in [2.75, 3.05) is 23.5 Å². The highest BCUT2D eigenvalue weighted by Crippen LogP contribution is 2.34. The van der Waals surface area contributed by atoms with Crippen molar-refractivity contribution in [1.82, 2.24) is 9.97 Å². The number of nitrogens with zero attached hydrogens (tertiary/aromatic N) is 3. The van der Waals surface area contributed by atoms with Crippen molar-refractivity contribution in [3.63, 3.8) is 0 Å². The molecule has 4 nitrogen and oxygen atoms in total. The van der Waals surface area contributed by atoms with Gasteiger partial charge in [-0.15, -0.1) is 6.42 Å². The number of aromatic nitrogens is 2. The first kappa shape index (κ1) is 17.5. The fourth-order valence-corrected chi connectivity index (χ4v) is 3.88. The van der Waals surface area contributed by atoms with Gasteiger partial charge in [0.1, 0.15) is 10.0 Å². The highest BCUT2D eigenvalue weighted by atomic mass is 32.2. The number of terminal acetylenes is 1. The van der Waals surface area contributed by atoms with Gasteiger partial charge < -0.3 is 0 Å². The molecule has 0 bridgehead atoms. The summed E-state index contributed by atoms with van der Waals surface area (Å²) < 4.78 is 0. The van der Waals surface area contributed by atoms with Gasteiger partial charge in [0.15, 0.2) is 0 Å². The highest BCUT2D eigenvalue weighted by Gasteiger charge is 2.25. The average molecular weight is 345 g/mol. The van der Waals surface area contributed by atoms with Gasteiger partial charge in [0, 0.05) is 29.6 Å². The molecule has 0 aliphatic rings. The lowest BCUT2D eigenvalue weighted by Crippen LogP contribution is -2.36. The van der Waals surface area contributed by atoms with Crippen LogP contribution < -0.4 is 4.90 Å². The number of carbonyl (C=O) groups is 1. The summed E-state index contributed by atoms with van der Waals surface area (Å²) in [5, 5.41) is 1.66. The molecule has 2 rings (SSSR count). The third kappa shape index (κ3) is 4.12. The predicted octanol–water partition coefficient (Wildman–Crippen LogP) is 3.48. The van der Waals surface area contributed by atoms with Crippen molar-refractivity contribution >= 4 is 34.0 Å². The molecule has 0 saturated carbocycles. The minimum Gasteiger partial charge on any atom is -0.290 e. The Hall–Kier alpha value is -1.84. The Morgan fingerprint density at radius 2 is 2.35 bits per heavy atom. The molecule has 2 aromatic rings. The van der Waals surface area contributed by atoms with E-state index in [9.17, 15) is 4.79 Å². The molecule has 0 spiro atoms. The Balaban J connectivity index is 2.35. The van der Waals surface area contributed by atoms with E-state index in [0.29, 0.717) is 0 Å². The number of hydrogen-bond donors (Lipinski definition) is 0. The molecule has 6 heteroatoms. The van der Waals surface area contributed by atoms with Crippen molar-refractivity contribution in [2.24, 2.45) is 5.92 Å². The summed E-state index contributed by atoms with van der Waals surface area (Å²) in [6, 6.07) is 3.83. The van der Waals surface area contributed by atoms with Gasteiger partial charge in [0.05, 0.1) is 12.2 Å². The van der Waals surface area contributed by atoms with Crippen molar-refractivity contribution < 1.29 is 4.79 Å². The molecule has 1 unspecified atom stereocenters. The number of anilines is 1. The van der Waals surface area contributed by atoms with Crippen LogP contribution in [0.1, 0.15) is 12.6 Å². The van der Waals surface area contributed by atoms with E-state index < -0.39 is 0 Å². The lowest BCUT2D eigenvalue weighted by Gasteiger charge is -2.22. The maximum atomic E-state index is 12.7. The molecule has 0 saturated heterocycles. The van der Waals surface area contributed by atoms with E-state index >= 15 is 0 Å². The molecule has 2 heterocycles. The first-order valence-electron chi connectivity index (χ1n) is 7.20. The zero-order valence-electron chi connectivity index (χ0n) is 13.4. The van der Waals surface area contributed by atoms with Crippen LogP contribution in [-0.4, -0.2) is 34.4 Å². The summed E-state index contributed by atoms with van der Waals surface area (Å²) in [5.74, 6) is 3.32. The van der Waals surface area contributed by atoms with Crippen LogP contribution in [0, 0.1) is 25.2 Å². The maximum Gasteiger partial charge on any atom is 0.232 e. The van der Waals surface area contributed by atoms with E-state index in [4.69, 9.17) is 6.42 Å². The van der Waals surface area contributed by atoms with E-state index in [2.05, 4.69) is 15.9 Å². The van der Waals surface area contributed by atoms with E-state index in [-0.39, 0.29) is 18.4 Å². The Morgan fingerprint density at radius 1 is 1.57 bits per heavy atom. The summed E-state index contributed by atoms with van der Waals surface area (Å²) in [4.78, 5) is 23.1. The zero-order chi connectivity index (χ0) is 16.8. The van der Waals surface area contributed by atoms with E-state index in [1.165, 1.54) is 11.3 Å². The fraction of sp³-hybridized carbons (Fsp3) is 0.353. The standard InChI is InChI=1S/C17H19N3OS2/c1-5-9-20(16(21)12(2)11-22-4)17-13(3)19-15(23-17)14-7-6-8-18-10-14/h1,6-8,10,12H,9,11H2,2-4H3. The summed E-state index contributed by atoms with van der Waals surface area (Å²) in [6.07, 6.45) is 11.0. The summed E-state index contributed by atoms with van der Waals surface area (Å²) >= 11 is 3.13. The molecule has 1 amide bonds. The molecule has 0 radical (unpaired) electrons. The zero-order valence-corrected chi connectivity index (χ0v) is 15.1. The molecule has 0 aliphatic heterocycles. The number of carbonyl (C=O) groups excluding carboxylic acids is 1. The molecule has 0 aromatic carbocycles. The van der Waals surface area contributed by atoms with Gasteiger partial charge in [-0.3, -0.25) is 14.7 Å². The normalized spacial score (nSPS) is 11.7. The van der Waals surface area contributed by atoms with Gasteiger partial charge in [0.2, 0.25) is 5.91 Å². The minimum atomic E-state index is -0.0818. The van der Waals surface area contributed by atoms with Gasteiger partial charge in [0.25, 0.3) is 0 Å². The smallest absolute Gasteiger partial charge is 0.232 e. The summed E-state index contributed by atoms with van der Waals surface area (Å²) in [6.45, 7) is 4.09. The Bertz CT molecular complexity index is 706. The van der Waals surface area contributed by atoms with E-state index in [0.717, 1.165) is 27.0 Å². The number of amides is 1. The van der Waals surface area contributed by atoms with E-state index in [1.807, 2.05) is 32.2 Å². The molecule has 0 fully saturated rings. The highest BCUT2D eigenvalue weighted by molar-refractivity contribution is 7.98. The second kappa shape index (κ2) is 8.14. The van der Waals surface area contributed by atoms with Crippen LogP contribution in [0.3, 0.4) is 0 Å².